The van der Waals surface area contributed by atoms with Gasteiger partial charge in [-0.2, -0.15) is 4.72 Å². The Balaban J connectivity index is 2.84. The first-order valence-corrected chi connectivity index (χ1v) is 6.72. The zero-order chi connectivity index (χ0) is 14.6. The molecule has 1 atom stereocenters. The molecule has 1 amide bonds. The van der Waals surface area contributed by atoms with Gasteiger partial charge in [0.2, 0.25) is 5.91 Å². The number of nitrogens with zero attached hydrogens (tertiary/aromatic N) is 2. The van der Waals surface area contributed by atoms with Gasteiger partial charge in [0, 0.05) is 19.7 Å². The molecular formula is C9H14N4O5S. The minimum absolute atomic E-state index is 0.225. The fraction of sp³-hybridized carbons (Fsp3) is 0.444. The molecular weight excluding hydrogens is 276 g/mol. The summed E-state index contributed by atoms with van der Waals surface area (Å²) in [5.41, 5.74) is 4.89. The zero-order valence-corrected chi connectivity index (χ0v) is 10.9. The van der Waals surface area contributed by atoms with Gasteiger partial charge in [0.05, 0.1) is 6.33 Å². The van der Waals surface area contributed by atoms with Crippen LogP contribution in [0.4, 0.5) is 0 Å². The molecule has 0 radical (unpaired) electrons. The molecule has 1 unspecified atom stereocenters. The summed E-state index contributed by atoms with van der Waals surface area (Å²) in [4.78, 5) is 25.1. The number of hydrogen-bond donors (Lipinski definition) is 3. The molecule has 0 aliphatic carbocycles. The van der Waals surface area contributed by atoms with E-state index in [-0.39, 0.29) is 17.9 Å². The first-order chi connectivity index (χ1) is 8.72. The average Bonchev–Trinajstić information content (AvgIpc) is 2.71. The number of rotatable bonds is 7. The van der Waals surface area contributed by atoms with Crippen LogP contribution in [-0.4, -0.2) is 41.0 Å². The van der Waals surface area contributed by atoms with Crippen molar-refractivity contribution in [1.29, 1.82) is 0 Å². The second kappa shape index (κ2) is 5.80. The maximum absolute atomic E-state index is 11.8. The predicted octanol–water partition coefficient (Wildman–Crippen LogP) is -1.58. The number of carboxylic acids is 1. The minimum atomic E-state index is -4.05. The van der Waals surface area contributed by atoms with Gasteiger partial charge in [-0.15, -0.1) is 0 Å². The number of aromatic nitrogens is 2. The normalized spacial score (nSPS) is 13.1. The van der Waals surface area contributed by atoms with Crippen LogP contribution >= 0.6 is 0 Å². The molecule has 0 saturated carbocycles. The van der Waals surface area contributed by atoms with E-state index in [0.29, 0.717) is 0 Å². The van der Waals surface area contributed by atoms with Crippen LogP contribution in [0.15, 0.2) is 17.6 Å². The number of sulfonamides is 1. The number of aryl methyl sites for hydroxylation is 1. The second-order valence-corrected chi connectivity index (χ2v) is 5.56. The first kappa shape index (κ1) is 15.1. The summed E-state index contributed by atoms with van der Waals surface area (Å²) in [6.07, 6.45) is 2.04. The highest BCUT2D eigenvalue weighted by molar-refractivity contribution is 7.89. The molecule has 1 rings (SSSR count). The monoisotopic (exact) mass is 290 g/mol. The van der Waals surface area contributed by atoms with Gasteiger partial charge in [-0.1, -0.05) is 0 Å². The highest BCUT2D eigenvalue weighted by Gasteiger charge is 2.26. The summed E-state index contributed by atoms with van der Waals surface area (Å²) in [5, 5.41) is 8.61. The van der Waals surface area contributed by atoms with Crippen LogP contribution in [0.2, 0.25) is 0 Å². The number of carbonyl (C=O) groups excluding carboxylic acids is 1. The maximum atomic E-state index is 11.8. The Hall–Kier alpha value is -1.94. The van der Waals surface area contributed by atoms with Crippen molar-refractivity contribution in [1.82, 2.24) is 14.3 Å². The van der Waals surface area contributed by atoms with Crippen LogP contribution in [0.1, 0.15) is 12.8 Å². The van der Waals surface area contributed by atoms with Crippen molar-refractivity contribution in [2.24, 2.45) is 12.8 Å². The van der Waals surface area contributed by atoms with E-state index in [4.69, 9.17) is 10.8 Å². The van der Waals surface area contributed by atoms with Crippen molar-refractivity contribution in [3.8, 4) is 0 Å². The number of primary amides is 1. The molecule has 0 saturated heterocycles. The average molecular weight is 290 g/mol. The first-order valence-electron chi connectivity index (χ1n) is 5.24. The number of aliphatic carboxylic acids is 1. The highest BCUT2D eigenvalue weighted by atomic mass is 32.2. The van der Waals surface area contributed by atoms with E-state index in [1.54, 1.807) is 7.05 Å². The smallest absolute Gasteiger partial charge is 0.321 e. The van der Waals surface area contributed by atoms with E-state index >= 15 is 0 Å². The molecule has 0 spiro atoms. The molecule has 0 aliphatic heterocycles. The van der Waals surface area contributed by atoms with Gasteiger partial charge in [0.15, 0.2) is 5.03 Å². The Morgan fingerprint density at radius 1 is 1.58 bits per heavy atom. The Labute approximate surface area is 109 Å². The number of carboxylic acid groups (broad SMARTS) is 1. The van der Waals surface area contributed by atoms with Crippen molar-refractivity contribution in [2.75, 3.05) is 0 Å². The third-order valence-electron chi connectivity index (χ3n) is 2.23. The SMILES string of the molecule is Cn1cnc(S(=O)(=O)NC(CCC(N)=O)C(=O)O)c1. The van der Waals surface area contributed by atoms with E-state index in [0.717, 1.165) is 0 Å². The molecule has 0 fully saturated rings. The third kappa shape index (κ3) is 4.34. The number of hydrogen-bond acceptors (Lipinski definition) is 5. The van der Waals surface area contributed by atoms with Crippen molar-refractivity contribution >= 4 is 21.9 Å². The summed E-state index contributed by atoms with van der Waals surface area (Å²) >= 11 is 0. The minimum Gasteiger partial charge on any atom is -0.480 e. The van der Waals surface area contributed by atoms with Crippen LogP contribution in [0.3, 0.4) is 0 Å². The standard InChI is InChI=1S/C9H14N4O5S/c1-13-4-8(11-5-13)19(17,18)12-6(9(15)16)2-3-7(10)14/h4-6,12H,2-3H2,1H3,(H2,10,14)(H,15,16). The Bertz CT molecular complexity index is 579. The van der Waals surface area contributed by atoms with Crippen LogP contribution in [-0.2, 0) is 26.7 Å². The third-order valence-corrected chi connectivity index (χ3v) is 3.59. The fourth-order valence-electron chi connectivity index (χ4n) is 1.29. The van der Waals surface area contributed by atoms with Crippen LogP contribution in [0.5, 0.6) is 0 Å². The lowest BCUT2D eigenvalue weighted by Crippen LogP contribution is -2.41. The lowest BCUT2D eigenvalue weighted by atomic mass is 10.2. The summed E-state index contributed by atoms with van der Waals surface area (Å²) < 4.78 is 27.1. The van der Waals surface area contributed by atoms with Crippen molar-refractivity contribution in [3.63, 3.8) is 0 Å². The van der Waals surface area contributed by atoms with Crippen molar-refractivity contribution < 1.29 is 23.1 Å². The largest absolute Gasteiger partial charge is 0.480 e. The molecule has 9 nitrogen and oxygen atoms in total. The lowest BCUT2D eigenvalue weighted by molar-refractivity contribution is -0.139. The molecule has 4 N–H and O–H groups in total. The van der Waals surface area contributed by atoms with E-state index in [1.165, 1.54) is 17.1 Å². The molecule has 1 aromatic rings. The molecule has 0 bridgehead atoms. The molecule has 1 heterocycles. The van der Waals surface area contributed by atoms with Gasteiger partial charge in [-0.05, 0) is 6.42 Å². The highest BCUT2D eigenvalue weighted by Crippen LogP contribution is 2.07. The second-order valence-electron chi connectivity index (χ2n) is 3.89. The van der Waals surface area contributed by atoms with Gasteiger partial charge >= 0.3 is 5.97 Å². The lowest BCUT2D eigenvalue weighted by Gasteiger charge is -2.12. The molecule has 10 heteroatoms. The Kier molecular flexibility index (Phi) is 4.62. The number of imidazole rings is 1. The molecule has 106 valence electrons. The summed E-state index contributed by atoms with van der Waals surface area (Å²) in [6, 6.07) is -1.43. The van der Waals surface area contributed by atoms with Crippen LogP contribution < -0.4 is 10.5 Å². The maximum Gasteiger partial charge on any atom is 0.321 e. The van der Waals surface area contributed by atoms with Gasteiger partial charge < -0.3 is 15.4 Å². The summed E-state index contributed by atoms with van der Waals surface area (Å²) in [5.74, 6) is -2.09. The summed E-state index contributed by atoms with van der Waals surface area (Å²) in [6.45, 7) is 0. The van der Waals surface area contributed by atoms with Crippen molar-refractivity contribution in [3.05, 3.63) is 12.5 Å². The topological polar surface area (TPSA) is 144 Å². The van der Waals surface area contributed by atoms with E-state index in [1.807, 2.05) is 4.72 Å². The van der Waals surface area contributed by atoms with E-state index in [9.17, 15) is 18.0 Å². The number of amides is 1. The molecule has 19 heavy (non-hydrogen) atoms. The zero-order valence-electron chi connectivity index (χ0n) is 10.1. The van der Waals surface area contributed by atoms with Crippen LogP contribution in [0.25, 0.3) is 0 Å². The summed E-state index contributed by atoms with van der Waals surface area (Å²) in [7, 11) is -2.47. The number of nitrogens with one attached hydrogen (secondary N) is 1. The van der Waals surface area contributed by atoms with Gasteiger partial charge in [0.25, 0.3) is 10.0 Å². The molecule has 0 aromatic carbocycles. The van der Waals surface area contributed by atoms with Gasteiger partial charge in [0.1, 0.15) is 6.04 Å². The number of nitrogens with two attached hydrogens (primary N) is 1. The number of carbonyl (C=O) groups is 2. The van der Waals surface area contributed by atoms with E-state index in [2.05, 4.69) is 4.98 Å². The Morgan fingerprint density at radius 3 is 2.63 bits per heavy atom. The van der Waals surface area contributed by atoms with Crippen molar-refractivity contribution in [2.45, 2.75) is 23.9 Å². The van der Waals surface area contributed by atoms with E-state index < -0.39 is 27.9 Å². The molecule has 0 aliphatic rings. The quantitative estimate of drug-likeness (QED) is 0.552. The predicted molar refractivity (Wildman–Crippen MR) is 63.4 cm³/mol. The van der Waals surface area contributed by atoms with Crippen LogP contribution in [0, 0.1) is 0 Å². The molecule has 1 aromatic heterocycles. The van der Waals surface area contributed by atoms with Gasteiger partial charge in [-0.3, -0.25) is 9.59 Å². The van der Waals surface area contributed by atoms with Gasteiger partial charge in [-0.25, -0.2) is 13.4 Å². The fourth-order valence-corrected chi connectivity index (χ4v) is 2.50. The Morgan fingerprint density at radius 2 is 2.21 bits per heavy atom.